The fourth-order valence-corrected chi connectivity index (χ4v) is 2.64. The van der Waals surface area contributed by atoms with Crippen molar-refractivity contribution in [3.8, 4) is 5.75 Å². The largest absolute Gasteiger partial charge is 0.488 e. The van der Waals surface area contributed by atoms with Crippen molar-refractivity contribution in [2.45, 2.75) is 13.0 Å². The van der Waals surface area contributed by atoms with E-state index < -0.39 is 0 Å². The summed E-state index contributed by atoms with van der Waals surface area (Å²) in [6.45, 7) is 0.368. The Kier molecular flexibility index (Phi) is 5.65. The molecule has 2 aromatic carbocycles. The van der Waals surface area contributed by atoms with Crippen molar-refractivity contribution in [1.29, 1.82) is 0 Å². The lowest BCUT2D eigenvalue weighted by Gasteiger charge is -2.11. The van der Waals surface area contributed by atoms with E-state index in [0.717, 1.165) is 15.6 Å². The first-order valence-corrected chi connectivity index (χ1v) is 7.48. The van der Waals surface area contributed by atoms with Crippen LogP contribution in [-0.2, 0) is 22.6 Å². The number of carbonyl (C=O) groups excluding carboxylic acids is 1. The fraction of sp³-hybridized carbons (Fsp3) is 0.188. The number of halogens is 2. The van der Waals surface area contributed by atoms with Crippen LogP contribution in [0.15, 0.2) is 46.9 Å². The van der Waals surface area contributed by atoms with Crippen molar-refractivity contribution in [1.82, 2.24) is 0 Å². The number of hydrogen-bond donors (Lipinski definition) is 0. The van der Waals surface area contributed by atoms with Gasteiger partial charge in [0.1, 0.15) is 12.4 Å². The minimum absolute atomic E-state index is 0.234. The van der Waals surface area contributed by atoms with Crippen LogP contribution in [0, 0.1) is 0 Å². The number of benzene rings is 2. The van der Waals surface area contributed by atoms with E-state index in [4.69, 9.17) is 21.1 Å². The molecule has 0 saturated carbocycles. The molecule has 2 aromatic rings. The third kappa shape index (κ3) is 4.48. The van der Waals surface area contributed by atoms with E-state index in [0.29, 0.717) is 17.4 Å². The number of esters is 1. The van der Waals surface area contributed by atoms with Crippen LogP contribution in [0.2, 0.25) is 5.02 Å². The van der Waals surface area contributed by atoms with E-state index in [1.54, 1.807) is 18.2 Å². The van der Waals surface area contributed by atoms with Crippen molar-refractivity contribution in [2.24, 2.45) is 0 Å². The van der Waals surface area contributed by atoms with Crippen LogP contribution in [0.5, 0.6) is 5.75 Å². The second-order valence-corrected chi connectivity index (χ2v) is 5.68. The Labute approximate surface area is 137 Å². The Balaban J connectivity index is 2.11. The van der Waals surface area contributed by atoms with Gasteiger partial charge in [0.25, 0.3) is 0 Å². The lowest BCUT2D eigenvalue weighted by Crippen LogP contribution is -2.08. The highest BCUT2D eigenvalue weighted by molar-refractivity contribution is 9.10. The van der Waals surface area contributed by atoms with E-state index in [-0.39, 0.29) is 12.4 Å². The molecular formula is C16H14BrClO3. The van der Waals surface area contributed by atoms with Crippen molar-refractivity contribution >= 4 is 33.5 Å². The molecule has 0 fully saturated rings. The summed E-state index contributed by atoms with van der Waals surface area (Å²) >= 11 is 9.30. The van der Waals surface area contributed by atoms with Crippen LogP contribution in [0.1, 0.15) is 11.1 Å². The predicted molar refractivity (Wildman–Crippen MR) is 85.6 cm³/mol. The highest BCUT2D eigenvalue weighted by Crippen LogP contribution is 2.28. The highest BCUT2D eigenvalue weighted by Gasteiger charge is 2.09. The minimum atomic E-state index is -0.268. The monoisotopic (exact) mass is 368 g/mol. The van der Waals surface area contributed by atoms with Gasteiger partial charge in [0, 0.05) is 5.02 Å². The fourth-order valence-electron chi connectivity index (χ4n) is 1.85. The van der Waals surface area contributed by atoms with Crippen LogP contribution < -0.4 is 4.74 Å². The molecule has 0 aromatic heterocycles. The molecule has 2 rings (SSSR count). The molecule has 0 amide bonds. The van der Waals surface area contributed by atoms with Crippen molar-refractivity contribution in [3.05, 3.63) is 63.1 Å². The van der Waals surface area contributed by atoms with Crippen LogP contribution in [0.25, 0.3) is 0 Å². The Morgan fingerprint density at radius 1 is 1.19 bits per heavy atom. The summed E-state index contributed by atoms with van der Waals surface area (Å²) in [4.78, 5) is 11.4. The molecule has 110 valence electrons. The predicted octanol–water partition coefficient (Wildman–Crippen LogP) is 4.40. The summed E-state index contributed by atoms with van der Waals surface area (Å²) < 4.78 is 11.3. The first-order chi connectivity index (χ1) is 10.1. The Morgan fingerprint density at radius 3 is 2.57 bits per heavy atom. The molecular weight excluding hydrogens is 356 g/mol. The summed E-state index contributed by atoms with van der Waals surface area (Å²) in [5, 5.41) is 0.639. The molecule has 0 radical (unpaired) electrons. The molecule has 21 heavy (non-hydrogen) atoms. The van der Waals surface area contributed by atoms with Crippen LogP contribution in [0.4, 0.5) is 0 Å². The second kappa shape index (κ2) is 7.48. The summed E-state index contributed by atoms with van der Waals surface area (Å²) in [5.41, 5.74) is 1.85. The summed E-state index contributed by atoms with van der Waals surface area (Å²) in [7, 11) is 1.38. The van der Waals surface area contributed by atoms with E-state index in [2.05, 4.69) is 15.9 Å². The van der Waals surface area contributed by atoms with Gasteiger partial charge in [-0.05, 0) is 45.3 Å². The van der Waals surface area contributed by atoms with Gasteiger partial charge in [-0.15, -0.1) is 0 Å². The van der Waals surface area contributed by atoms with E-state index >= 15 is 0 Å². The summed E-state index contributed by atoms with van der Waals surface area (Å²) in [6, 6.07) is 13.0. The smallest absolute Gasteiger partial charge is 0.309 e. The Hall–Kier alpha value is -1.52. The van der Waals surface area contributed by atoms with Crippen molar-refractivity contribution < 1.29 is 14.3 Å². The number of ether oxygens (including phenoxy) is 2. The van der Waals surface area contributed by atoms with E-state index in [9.17, 15) is 4.79 Å². The summed E-state index contributed by atoms with van der Waals surface area (Å²) in [5.74, 6) is 0.433. The third-order valence-corrected chi connectivity index (χ3v) is 3.81. The second-order valence-electron chi connectivity index (χ2n) is 4.39. The molecule has 0 atom stereocenters. The number of methoxy groups -OCH3 is 1. The molecule has 0 unspecified atom stereocenters. The number of rotatable bonds is 5. The average Bonchev–Trinajstić information content (AvgIpc) is 2.47. The number of hydrogen-bond acceptors (Lipinski definition) is 3. The molecule has 0 bridgehead atoms. The minimum Gasteiger partial charge on any atom is -0.488 e. The zero-order valence-electron chi connectivity index (χ0n) is 11.4. The molecule has 0 saturated heterocycles. The molecule has 0 aliphatic rings. The van der Waals surface area contributed by atoms with Gasteiger partial charge in [0.05, 0.1) is 18.0 Å². The van der Waals surface area contributed by atoms with Crippen LogP contribution >= 0.6 is 27.5 Å². The van der Waals surface area contributed by atoms with Gasteiger partial charge in [-0.3, -0.25) is 4.79 Å². The quantitative estimate of drug-likeness (QED) is 0.733. The van der Waals surface area contributed by atoms with Gasteiger partial charge < -0.3 is 9.47 Å². The van der Waals surface area contributed by atoms with Gasteiger partial charge in [-0.25, -0.2) is 0 Å². The third-order valence-electron chi connectivity index (χ3n) is 2.96. The van der Waals surface area contributed by atoms with Gasteiger partial charge >= 0.3 is 5.97 Å². The Morgan fingerprint density at radius 2 is 1.90 bits per heavy atom. The molecule has 0 aliphatic carbocycles. The van der Waals surface area contributed by atoms with Crippen LogP contribution in [-0.4, -0.2) is 13.1 Å². The topological polar surface area (TPSA) is 35.5 Å². The molecule has 5 heteroatoms. The molecule has 0 heterocycles. The first-order valence-electron chi connectivity index (χ1n) is 6.31. The molecule has 0 aliphatic heterocycles. The lowest BCUT2D eigenvalue weighted by atomic mass is 10.1. The first kappa shape index (κ1) is 15.9. The zero-order chi connectivity index (χ0) is 15.2. The van der Waals surface area contributed by atoms with Gasteiger partial charge in [0.2, 0.25) is 0 Å². The van der Waals surface area contributed by atoms with Gasteiger partial charge in [-0.2, -0.15) is 0 Å². The maximum atomic E-state index is 11.4. The van der Waals surface area contributed by atoms with E-state index in [1.165, 1.54) is 7.11 Å². The van der Waals surface area contributed by atoms with Crippen molar-refractivity contribution in [2.75, 3.05) is 7.11 Å². The van der Waals surface area contributed by atoms with Crippen molar-refractivity contribution in [3.63, 3.8) is 0 Å². The maximum Gasteiger partial charge on any atom is 0.309 e. The van der Waals surface area contributed by atoms with E-state index in [1.807, 2.05) is 24.3 Å². The summed E-state index contributed by atoms with van der Waals surface area (Å²) in [6.07, 6.45) is 0.234. The average molecular weight is 370 g/mol. The normalized spacial score (nSPS) is 10.2. The zero-order valence-corrected chi connectivity index (χ0v) is 13.8. The molecule has 0 N–H and O–H groups in total. The number of carbonyl (C=O) groups is 1. The van der Waals surface area contributed by atoms with Gasteiger partial charge in [-0.1, -0.05) is 35.9 Å². The SMILES string of the molecule is COC(=O)Cc1ccccc1COc1ccc(Cl)cc1Br. The maximum absolute atomic E-state index is 11.4. The lowest BCUT2D eigenvalue weighted by molar-refractivity contribution is -0.139. The molecule has 0 spiro atoms. The van der Waals surface area contributed by atoms with Gasteiger partial charge in [0.15, 0.2) is 0 Å². The highest BCUT2D eigenvalue weighted by atomic mass is 79.9. The molecule has 3 nitrogen and oxygen atoms in total. The standard InChI is InChI=1S/C16H14BrClO3/c1-20-16(19)8-11-4-2-3-5-12(11)10-21-15-7-6-13(18)9-14(15)17/h2-7,9H,8,10H2,1H3. The van der Waals surface area contributed by atoms with Crippen LogP contribution in [0.3, 0.4) is 0 Å². The Bertz CT molecular complexity index is 643.